The van der Waals surface area contributed by atoms with E-state index in [1.165, 1.54) is 19.3 Å². The van der Waals surface area contributed by atoms with Crippen LogP contribution >= 0.6 is 0 Å². The van der Waals surface area contributed by atoms with Gasteiger partial charge >= 0.3 is 5.97 Å². The zero-order valence-corrected chi connectivity index (χ0v) is 20.0. The molecule has 0 aliphatic carbocycles. The molecule has 0 radical (unpaired) electrons. The Labute approximate surface area is 201 Å². The standard InChI is InChI=1S/C29H32N2O3/c1-3-4-5-6-7-8-19-28(32)34-27-21-31(24-16-11-9-14-22(24)27)25-17-12-10-15-23(25)29(33)26-18-13-20-30(26)2/h9-18,20-21H,3-8,19H2,1-2H3. The number of hydrogen-bond acceptors (Lipinski definition) is 3. The highest BCUT2D eigenvalue weighted by Crippen LogP contribution is 2.32. The van der Waals surface area contributed by atoms with E-state index < -0.39 is 0 Å². The van der Waals surface area contributed by atoms with Crippen LogP contribution in [0.3, 0.4) is 0 Å². The molecule has 176 valence electrons. The lowest BCUT2D eigenvalue weighted by Gasteiger charge is -2.11. The number of aromatic nitrogens is 2. The van der Waals surface area contributed by atoms with Crippen molar-refractivity contribution in [3.8, 4) is 11.4 Å². The molecule has 0 atom stereocenters. The Balaban J connectivity index is 1.59. The largest absolute Gasteiger partial charge is 0.424 e. The second-order valence-electron chi connectivity index (χ2n) is 8.72. The highest BCUT2D eigenvalue weighted by atomic mass is 16.5. The molecule has 0 aliphatic rings. The summed E-state index contributed by atoms with van der Waals surface area (Å²) in [6.45, 7) is 2.20. The number of ketones is 1. The van der Waals surface area contributed by atoms with Crippen molar-refractivity contribution in [3.05, 3.63) is 84.3 Å². The molecular weight excluding hydrogens is 424 g/mol. The maximum Gasteiger partial charge on any atom is 0.311 e. The van der Waals surface area contributed by atoms with Gasteiger partial charge in [0.1, 0.15) is 0 Å². The number of hydrogen-bond donors (Lipinski definition) is 0. The summed E-state index contributed by atoms with van der Waals surface area (Å²) in [5.41, 5.74) is 2.85. The second kappa shape index (κ2) is 11.0. The molecule has 0 fully saturated rings. The van der Waals surface area contributed by atoms with Crippen molar-refractivity contribution in [2.24, 2.45) is 7.05 Å². The normalized spacial score (nSPS) is 11.1. The lowest BCUT2D eigenvalue weighted by molar-refractivity contribution is -0.134. The molecule has 0 unspecified atom stereocenters. The Morgan fingerprint density at radius 3 is 2.38 bits per heavy atom. The Morgan fingerprint density at radius 2 is 1.59 bits per heavy atom. The van der Waals surface area contributed by atoms with Gasteiger partial charge in [-0.2, -0.15) is 0 Å². The summed E-state index contributed by atoms with van der Waals surface area (Å²) in [5, 5.41) is 0.847. The molecule has 0 saturated carbocycles. The maximum atomic E-state index is 13.3. The van der Waals surface area contributed by atoms with Gasteiger partial charge in [0.05, 0.1) is 23.1 Å². The fourth-order valence-corrected chi connectivity index (χ4v) is 4.36. The van der Waals surface area contributed by atoms with Crippen LogP contribution < -0.4 is 4.74 Å². The van der Waals surface area contributed by atoms with Crippen LogP contribution in [0.5, 0.6) is 5.75 Å². The van der Waals surface area contributed by atoms with Crippen molar-refractivity contribution in [3.63, 3.8) is 0 Å². The fourth-order valence-electron chi connectivity index (χ4n) is 4.36. The molecule has 4 aromatic rings. The van der Waals surface area contributed by atoms with Gasteiger partial charge in [-0.25, -0.2) is 0 Å². The van der Waals surface area contributed by atoms with Crippen LogP contribution in [0.4, 0.5) is 0 Å². The quantitative estimate of drug-likeness (QED) is 0.141. The molecule has 0 spiro atoms. The Hall–Kier alpha value is -3.60. The molecule has 34 heavy (non-hydrogen) atoms. The number of rotatable bonds is 11. The highest BCUT2D eigenvalue weighted by molar-refractivity contribution is 6.10. The molecule has 2 aromatic heterocycles. The Bertz CT molecular complexity index is 1280. The first-order valence-electron chi connectivity index (χ1n) is 12.2. The molecule has 0 N–H and O–H groups in total. The van der Waals surface area contributed by atoms with E-state index >= 15 is 0 Å². The number of unbranched alkanes of at least 4 members (excludes halogenated alkanes) is 5. The molecule has 2 heterocycles. The van der Waals surface area contributed by atoms with Crippen LogP contribution in [-0.2, 0) is 11.8 Å². The lowest BCUT2D eigenvalue weighted by Crippen LogP contribution is -2.10. The highest BCUT2D eigenvalue weighted by Gasteiger charge is 2.20. The van der Waals surface area contributed by atoms with Gasteiger partial charge in [0, 0.05) is 30.6 Å². The van der Waals surface area contributed by atoms with Gasteiger partial charge in [0.15, 0.2) is 5.75 Å². The van der Waals surface area contributed by atoms with Crippen LogP contribution in [0.2, 0.25) is 0 Å². The Kier molecular flexibility index (Phi) is 7.63. The van der Waals surface area contributed by atoms with Crippen LogP contribution in [0.25, 0.3) is 16.6 Å². The van der Waals surface area contributed by atoms with Crippen molar-refractivity contribution < 1.29 is 14.3 Å². The number of para-hydroxylation sites is 2. The van der Waals surface area contributed by atoms with Gasteiger partial charge in [-0.05, 0) is 42.8 Å². The first-order chi connectivity index (χ1) is 16.6. The van der Waals surface area contributed by atoms with Gasteiger partial charge in [0.25, 0.3) is 0 Å². The number of carbonyl (C=O) groups excluding carboxylic acids is 2. The second-order valence-corrected chi connectivity index (χ2v) is 8.72. The van der Waals surface area contributed by atoms with Crippen molar-refractivity contribution in [2.45, 2.75) is 51.9 Å². The van der Waals surface area contributed by atoms with Crippen LogP contribution in [0.1, 0.15) is 67.9 Å². The number of esters is 1. The minimum Gasteiger partial charge on any atom is -0.424 e. The summed E-state index contributed by atoms with van der Waals surface area (Å²) in [6.07, 6.45) is 10.8. The number of aryl methyl sites for hydroxylation is 1. The summed E-state index contributed by atoms with van der Waals surface area (Å²) in [7, 11) is 1.86. The third-order valence-corrected chi connectivity index (χ3v) is 6.22. The minimum absolute atomic E-state index is 0.0532. The van der Waals surface area contributed by atoms with Gasteiger partial charge in [-0.3, -0.25) is 9.59 Å². The topological polar surface area (TPSA) is 53.2 Å². The summed E-state index contributed by atoms with van der Waals surface area (Å²) < 4.78 is 9.57. The minimum atomic E-state index is -0.216. The van der Waals surface area contributed by atoms with Gasteiger partial charge < -0.3 is 13.9 Å². The van der Waals surface area contributed by atoms with Crippen LogP contribution in [-0.4, -0.2) is 20.9 Å². The van der Waals surface area contributed by atoms with E-state index in [0.717, 1.165) is 35.9 Å². The van der Waals surface area contributed by atoms with E-state index in [9.17, 15) is 9.59 Å². The number of nitrogens with zero attached hydrogens (tertiary/aromatic N) is 2. The van der Waals surface area contributed by atoms with E-state index in [1.54, 1.807) is 0 Å². The van der Waals surface area contributed by atoms with Crippen molar-refractivity contribution in [1.29, 1.82) is 0 Å². The van der Waals surface area contributed by atoms with E-state index in [1.807, 2.05) is 89.2 Å². The molecule has 4 rings (SSSR count). The monoisotopic (exact) mass is 456 g/mol. The van der Waals surface area contributed by atoms with Crippen LogP contribution in [0, 0.1) is 0 Å². The third-order valence-electron chi connectivity index (χ3n) is 6.22. The molecular formula is C29H32N2O3. The summed E-state index contributed by atoms with van der Waals surface area (Å²) in [5.74, 6) is 0.252. The van der Waals surface area contributed by atoms with E-state index in [2.05, 4.69) is 6.92 Å². The van der Waals surface area contributed by atoms with E-state index in [0.29, 0.717) is 23.4 Å². The SMILES string of the molecule is CCCCCCCCC(=O)Oc1cn(-c2ccccc2C(=O)c2cccn2C)c2ccccc12. The Morgan fingerprint density at radius 1 is 0.853 bits per heavy atom. The third kappa shape index (κ3) is 5.14. The average Bonchev–Trinajstić information content (AvgIpc) is 3.44. The molecule has 0 bridgehead atoms. The fraction of sp³-hybridized carbons (Fsp3) is 0.310. The number of ether oxygens (including phenoxy) is 1. The summed E-state index contributed by atoms with van der Waals surface area (Å²) >= 11 is 0. The first kappa shape index (κ1) is 23.6. The number of fused-ring (bicyclic) bond motifs is 1. The predicted octanol–water partition coefficient (Wildman–Crippen LogP) is 6.86. The summed E-state index contributed by atoms with van der Waals surface area (Å²) in [4.78, 5) is 25.9. The predicted molar refractivity (Wildman–Crippen MR) is 136 cm³/mol. The van der Waals surface area contributed by atoms with E-state index in [4.69, 9.17) is 4.74 Å². The van der Waals surface area contributed by atoms with Crippen molar-refractivity contribution >= 4 is 22.7 Å². The average molecular weight is 457 g/mol. The molecule has 0 saturated heterocycles. The summed E-state index contributed by atoms with van der Waals surface area (Å²) in [6, 6.07) is 19.0. The number of benzene rings is 2. The van der Waals surface area contributed by atoms with E-state index in [-0.39, 0.29) is 11.8 Å². The van der Waals surface area contributed by atoms with Crippen molar-refractivity contribution in [1.82, 2.24) is 9.13 Å². The van der Waals surface area contributed by atoms with Gasteiger partial charge in [0.2, 0.25) is 5.78 Å². The molecule has 5 heteroatoms. The lowest BCUT2D eigenvalue weighted by atomic mass is 10.1. The first-order valence-corrected chi connectivity index (χ1v) is 12.2. The smallest absolute Gasteiger partial charge is 0.311 e. The maximum absolute atomic E-state index is 13.3. The van der Waals surface area contributed by atoms with Gasteiger partial charge in [-0.15, -0.1) is 0 Å². The van der Waals surface area contributed by atoms with Crippen LogP contribution in [0.15, 0.2) is 73.1 Å². The zero-order valence-electron chi connectivity index (χ0n) is 20.0. The number of carbonyl (C=O) groups is 2. The molecule has 5 nitrogen and oxygen atoms in total. The van der Waals surface area contributed by atoms with Crippen molar-refractivity contribution in [2.75, 3.05) is 0 Å². The van der Waals surface area contributed by atoms with Gasteiger partial charge in [-0.1, -0.05) is 63.3 Å². The molecule has 2 aromatic carbocycles. The zero-order chi connectivity index (χ0) is 23.9. The molecule has 0 amide bonds. The molecule has 0 aliphatic heterocycles.